The van der Waals surface area contributed by atoms with Gasteiger partial charge in [0.25, 0.3) is 5.91 Å². The van der Waals surface area contributed by atoms with E-state index in [0.717, 1.165) is 19.6 Å². The van der Waals surface area contributed by atoms with Crippen molar-refractivity contribution in [3.63, 3.8) is 0 Å². The number of amides is 1. The Balaban J connectivity index is 1.99. The average molecular weight is 298 g/mol. The summed E-state index contributed by atoms with van der Waals surface area (Å²) >= 11 is 6.09. The minimum atomic E-state index is -0.151. The topological polar surface area (TPSA) is 63.2 Å². The summed E-state index contributed by atoms with van der Waals surface area (Å²) in [6, 6.07) is 1.72. The van der Waals surface area contributed by atoms with Crippen molar-refractivity contribution in [3.05, 3.63) is 22.8 Å². The Morgan fingerprint density at radius 1 is 1.65 bits per heavy atom. The number of anilines is 1. The second kappa shape index (κ2) is 6.90. The van der Waals surface area contributed by atoms with Gasteiger partial charge in [-0.15, -0.1) is 0 Å². The molecule has 2 unspecified atom stereocenters. The monoisotopic (exact) mass is 297 g/mol. The molecule has 0 radical (unpaired) electrons. The molecule has 2 heterocycles. The first-order valence-electron chi connectivity index (χ1n) is 6.89. The normalized spacial score (nSPS) is 19.6. The highest BCUT2D eigenvalue weighted by atomic mass is 35.5. The number of hydrogen-bond donors (Lipinski definition) is 2. The van der Waals surface area contributed by atoms with E-state index >= 15 is 0 Å². The van der Waals surface area contributed by atoms with E-state index in [-0.39, 0.29) is 11.9 Å². The molecule has 1 aromatic heterocycles. The number of nitrogens with one attached hydrogen (secondary N) is 2. The lowest BCUT2D eigenvalue weighted by Gasteiger charge is -2.19. The molecule has 1 aliphatic rings. The van der Waals surface area contributed by atoms with E-state index in [1.807, 2.05) is 13.8 Å². The molecule has 1 saturated heterocycles. The fourth-order valence-electron chi connectivity index (χ4n) is 2.21. The van der Waals surface area contributed by atoms with Gasteiger partial charge in [-0.3, -0.25) is 4.79 Å². The SMILES string of the molecule is CCNc1ncc(C(=O)NC(C)C2CCOC2)cc1Cl. The van der Waals surface area contributed by atoms with Gasteiger partial charge in [-0.1, -0.05) is 11.6 Å². The van der Waals surface area contributed by atoms with Gasteiger partial charge >= 0.3 is 0 Å². The van der Waals surface area contributed by atoms with Crippen LogP contribution in [0.3, 0.4) is 0 Å². The van der Waals surface area contributed by atoms with Crippen molar-refractivity contribution in [2.24, 2.45) is 5.92 Å². The highest BCUT2D eigenvalue weighted by Crippen LogP contribution is 2.21. The van der Waals surface area contributed by atoms with Crippen LogP contribution < -0.4 is 10.6 Å². The molecule has 1 fully saturated rings. The van der Waals surface area contributed by atoms with E-state index in [1.165, 1.54) is 6.20 Å². The summed E-state index contributed by atoms with van der Waals surface area (Å²) < 4.78 is 5.33. The lowest BCUT2D eigenvalue weighted by molar-refractivity contribution is 0.0922. The maximum absolute atomic E-state index is 12.2. The van der Waals surface area contributed by atoms with Gasteiger partial charge in [0.2, 0.25) is 0 Å². The number of ether oxygens (including phenoxy) is 1. The third-order valence-electron chi connectivity index (χ3n) is 3.48. The Morgan fingerprint density at radius 3 is 3.05 bits per heavy atom. The van der Waals surface area contributed by atoms with Gasteiger partial charge < -0.3 is 15.4 Å². The summed E-state index contributed by atoms with van der Waals surface area (Å²) in [5.41, 5.74) is 0.474. The van der Waals surface area contributed by atoms with Gasteiger partial charge in [0.05, 0.1) is 17.2 Å². The molecular formula is C14H20ClN3O2. The molecule has 20 heavy (non-hydrogen) atoms. The summed E-state index contributed by atoms with van der Waals surface area (Å²) in [7, 11) is 0. The first-order valence-corrected chi connectivity index (χ1v) is 7.27. The molecule has 0 bridgehead atoms. The lowest BCUT2D eigenvalue weighted by Crippen LogP contribution is -2.38. The minimum Gasteiger partial charge on any atom is -0.381 e. The zero-order valence-electron chi connectivity index (χ0n) is 11.8. The van der Waals surface area contributed by atoms with Crippen molar-refractivity contribution in [1.82, 2.24) is 10.3 Å². The van der Waals surface area contributed by atoms with Crippen LogP contribution in [0.5, 0.6) is 0 Å². The summed E-state index contributed by atoms with van der Waals surface area (Å²) in [6.07, 6.45) is 2.52. The van der Waals surface area contributed by atoms with Crippen LogP contribution in [0.2, 0.25) is 5.02 Å². The van der Waals surface area contributed by atoms with E-state index in [4.69, 9.17) is 16.3 Å². The van der Waals surface area contributed by atoms with Gasteiger partial charge in [-0.25, -0.2) is 4.98 Å². The molecule has 5 nitrogen and oxygen atoms in total. The highest BCUT2D eigenvalue weighted by Gasteiger charge is 2.24. The molecule has 0 aromatic carbocycles. The van der Waals surface area contributed by atoms with Crippen molar-refractivity contribution in [2.75, 3.05) is 25.1 Å². The lowest BCUT2D eigenvalue weighted by atomic mass is 10.0. The fraction of sp³-hybridized carbons (Fsp3) is 0.571. The van der Waals surface area contributed by atoms with Crippen molar-refractivity contribution in [1.29, 1.82) is 0 Å². The predicted octanol–water partition coefficient (Wildman–Crippen LogP) is 2.32. The summed E-state index contributed by atoms with van der Waals surface area (Å²) in [4.78, 5) is 16.3. The number of pyridine rings is 1. The van der Waals surface area contributed by atoms with E-state index in [2.05, 4.69) is 15.6 Å². The molecule has 6 heteroatoms. The Bertz CT molecular complexity index is 475. The molecule has 1 amide bonds. The first-order chi connectivity index (χ1) is 9.61. The van der Waals surface area contributed by atoms with Crippen LogP contribution in [-0.2, 0) is 4.74 Å². The van der Waals surface area contributed by atoms with Crippen molar-refractivity contribution < 1.29 is 9.53 Å². The van der Waals surface area contributed by atoms with Crippen molar-refractivity contribution in [3.8, 4) is 0 Å². The maximum Gasteiger partial charge on any atom is 0.253 e. The van der Waals surface area contributed by atoms with Crippen LogP contribution in [0.15, 0.2) is 12.3 Å². The van der Waals surface area contributed by atoms with Gasteiger partial charge in [-0.05, 0) is 26.3 Å². The molecular weight excluding hydrogens is 278 g/mol. The molecule has 110 valence electrons. The van der Waals surface area contributed by atoms with Crippen LogP contribution in [0.4, 0.5) is 5.82 Å². The summed E-state index contributed by atoms with van der Waals surface area (Å²) in [5.74, 6) is 0.827. The average Bonchev–Trinajstić information content (AvgIpc) is 2.95. The van der Waals surface area contributed by atoms with Gasteiger partial charge in [0.15, 0.2) is 0 Å². The second-order valence-corrected chi connectivity index (χ2v) is 5.38. The van der Waals surface area contributed by atoms with E-state index in [9.17, 15) is 4.79 Å². The Labute approximate surface area is 124 Å². The van der Waals surface area contributed by atoms with Gasteiger partial charge in [0, 0.05) is 31.3 Å². The number of carbonyl (C=O) groups excluding carboxylic acids is 1. The minimum absolute atomic E-state index is 0.0808. The van der Waals surface area contributed by atoms with Crippen LogP contribution in [0.25, 0.3) is 0 Å². The van der Waals surface area contributed by atoms with Gasteiger partial charge in [-0.2, -0.15) is 0 Å². The number of rotatable bonds is 5. The van der Waals surface area contributed by atoms with Crippen LogP contribution in [0, 0.1) is 5.92 Å². The van der Waals surface area contributed by atoms with Crippen LogP contribution >= 0.6 is 11.6 Å². The summed E-state index contributed by atoms with van der Waals surface area (Å²) in [6.45, 7) is 6.18. The molecule has 2 N–H and O–H groups in total. The molecule has 2 atom stereocenters. The highest BCUT2D eigenvalue weighted by molar-refractivity contribution is 6.33. The third kappa shape index (κ3) is 3.61. The van der Waals surface area contributed by atoms with Crippen LogP contribution in [-0.4, -0.2) is 36.7 Å². The van der Waals surface area contributed by atoms with Crippen molar-refractivity contribution >= 4 is 23.3 Å². The number of aromatic nitrogens is 1. The molecule has 0 saturated carbocycles. The first kappa shape index (κ1) is 15.1. The second-order valence-electron chi connectivity index (χ2n) is 4.97. The number of halogens is 1. The Hall–Kier alpha value is -1.33. The smallest absolute Gasteiger partial charge is 0.253 e. The maximum atomic E-state index is 12.2. The molecule has 0 aliphatic carbocycles. The quantitative estimate of drug-likeness (QED) is 0.875. The summed E-state index contributed by atoms with van der Waals surface area (Å²) in [5, 5.41) is 6.47. The number of hydrogen-bond acceptors (Lipinski definition) is 4. The third-order valence-corrected chi connectivity index (χ3v) is 3.77. The molecule has 0 spiro atoms. The molecule has 2 rings (SSSR count). The Morgan fingerprint density at radius 2 is 2.45 bits per heavy atom. The number of carbonyl (C=O) groups is 1. The largest absolute Gasteiger partial charge is 0.381 e. The number of nitrogens with zero attached hydrogens (tertiary/aromatic N) is 1. The Kier molecular flexibility index (Phi) is 5.20. The van der Waals surface area contributed by atoms with Gasteiger partial charge in [0.1, 0.15) is 5.82 Å². The predicted molar refractivity (Wildman–Crippen MR) is 79.3 cm³/mol. The van der Waals surface area contributed by atoms with E-state index in [0.29, 0.717) is 28.9 Å². The van der Waals surface area contributed by atoms with Crippen molar-refractivity contribution in [2.45, 2.75) is 26.3 Å². The molecule has 1 aliphatic heterocycles. The van der Waals surface area contributed by atoms with E-state index < -0.39 is 0 Å². The molecule has 1 aromatic rings. The fourth-order valence-corrected chi connectivity index (χ4v) is 2.45. The standard InChI is InChI=1S/C14H20ClN3O2/c1-3-16-13-12(15)6-11(7-17-13)14(19)18-9(2)10-4-5-20-8-10/h6-7,9-10H,3-5,8H2,1-2H3,(H,16,17)(H,18,19). The van der Waals surface area contributed by atoms with Crippen LogP contribution in [0.1, 0.15) is 30.6 Å². The zero-order valence-corrected chi connectivity index (χ0v) is 12.5. The zero-order chi connectivity index (χ0) is 14.5. The van der Waals surface area contributed by atoms with E-state index in [1.54, 1.807) is 6.07 Å².